The van der Waals surface area contributed by atoms with Crippen molar-refractivity contribution in [1.29, 1.82) is 0 Å². The molecule has 0 radical (unpaired) electrons. The summed E-state index contributed by atoms with van der Waals surface area (Å²) in [5.41, 5.74) is 0. The molecule has 0 aromatic carbocycles. The smallest absolute Gasteiger partial charge is 0.0546 e. The van der Waals surface area contributed by atoms with Crippen LogP contribution in [0.4, 0.5) is 0 Å². The molecular formula is C7H16O. The third-order valence-corrected chi connectivity index (χ3v) is 1.15. The molecule has 0 aromatic rings. The fourth-order valence-corrected chi connectivity index (χ4v) is 0.774. The minimum Gasteiger partial charge on any atom is -0.379 e. The van der Waals surface area contributed by atoms with E-state index in [4.69, 9.17) is 4.74 Å². The summed E-state index contributed by atoms with van der Waals surface area (Å²) < 4.78 is 5.28. The SMILES string of the molecule is CCC[C@H](C)[18O]CC. The van der Waals surface area contributed by atoms with Crippen LogP contribution in [0.15, 0.2) is 0 Å². The molecule has 1 heteroatoms. The fraction of sp³-hybridized carbons (Fsp3) is 1.00. The van der Waals surface area contributed by atoms with Crippen LogP contribution in [0.5, 0.6) is 0 Å². The lowest BCUT2D eigenvalue weighted by Gasteiger charge is -2.08. The lowest BCUT2D eigenvalue weighted by Crippen LogP contribution is -2.06. The molecule has 1 atom stereocenters. The molecule has 0 aliphatic heterocycles. The predicted octanol–water partition coefficient (Wildman–Crippen LogP) is 2.21. The van der Waals surface area contributed by atoms with Crippen molar-refractivity contribution >= 4 is 0 Å². The van der Waals surface area contributed by atoms with Gasteiger partial charge < -0.3 is 4.74 Å². The zero-order chi connectivity index (χ0) is 6.41. The minimum atomic E-state index is 0.463. The standard InChI is InChI=1S/C7H16O/c1-4-6-7(3)8-5-2/h7H,4-6H2,1-3H3/t7-/m0/s1/i8+2. The highest BCUT2D eigenvalue weighted by molar-refractivity contribution is 4.45. The molecule has 0 unspecified atom stereocenters. The first-order valence-corrected chi connectivity index (χ1v) is 3.42. The zero-order valence-corrected chi connectivity index (χ0v) is 6.11. The van der Waals surface area contributed by atoms with Crippen molar-refractivity contribution in [3.63, 3.8) is 0 Å². The van der Waals surface area contributed by atoms with Gasteiger partial charge in [0, 0.05) is 6.61 Å². The van der Waals surface area contributed by atoms with Crippen LogP contribution >= 0.6 is 0 Å². The first kappa shape index (κ1) is 7.96. The second kappa shape index (κ2) is 5.10. The quantitative estimate of drug-likeness (QED) is 0.514. The Labute approximate surface area is 52.0 Å². The molecule has 50 valence electrons. The van der Waals surface area contributed by atoms with Crippen LogP contribution in [0.2, 0.25) is 0 Å². The van der Waals surface area contributed by atoms with E-state index in [1.54, 1.807) is 0 Å². The van der Waals surface area contributed by atoms with Gasteiger partial charge in [-0.2, -0.15) is 0 Å². The van der Waals surface area contributed by atoms with E-state index in [2.05, 4.69) is 13.8 Å². The predicted molar refractivity (Wildman–Crippen MR) is 36.0 cm³/mol. The molecule has 0 fully saturated rings. The molecule has 0 aromatic heterocycles. The number of hydrogen-bond donors (Lipinski definition) is 0. The van der Waals surface area contributed by atoms with Gasteiger partial charge in [0.25, 0.3) is 0 Å². The maximum atomic E-state index is 5.28. The minimum absolute atomic E-state index is 0.463. The van der Waals surface area contributed by atoms with Crippen molar-refractivity contribution < 1.29 is 4.74 Å². The average molecular weight is 118 g/mol. The maximum Gasteiger partial charge on any atom is 0.0546 e. The molecule has 0 spiro atoms. The number of ether oxygens (including phenoxy) is 1. The van der Waals surface area contributed by atoms with Crippen LogP contribution in [0, 0.1) is 0 Å². The lowest BCUT2D eigenvalue weighted by molar-refractivity contribution is 0.0699. The van der Waals surface area contributed by atoms with Gasteiger partial charge in [-0.25, -0.2) is 0 Å². The molecule has 0 saturated carbocycles. The third kappa shape index (κ3) is 4.13. The van der Waals surface area contributed by atoms with E-state index in [1.807, 2.05) is 6.92 Å². The summed E-state index contributed by atoms with van der Waals surface area (Å²) in [5, 5.41) is 0. The van der Waals surface area contributed by atoms with Gasteiger partial charge in [-0.1, -0.05) is 13.3 Å². The largest absolute Gasteiger partial charge is 0.379 e. The van der Waals surface area contributed by atoms with Gasteiger partial charge in [0.05, 0.1) is 6.10 Å². The summed E-state index contributed by atoms with van der Waals surface area (Å²) in [6.45, 7) is 7.18. The Balaban J connectivity index is 2.92. The van der Waals surface area contributed by atoms with Crippen LogP contribution < -0.4 is 0 Å². The van der Waals surface area contributed by atoms with Crippen LogP contribution in [-0.2, 0) is 4.74 Å². The van der Waals surface area contributed by atoms with E-state index in [0.29, 0.717) is 6.10 Å². The van der Waals surface area contributed by atoms with Crippen LogP contribution in [0.3, 0.4) is 0 Å². The second-order valence-corrected chi connectivity index (χ2v) is 2.05. The molecule has 0 bridgehead atoms. The molecule has 0 aliphatic rings. The molecule has 0 heterocycles. The molecular weight excluding hydrogens is 102 g/mol. The Morgan fingerprint density at radius 2 is 2.00 bits per heavy atom. The lowest BCUT2D eigenvalue weighted by atomic mass is 10.2. The van der Waals surface area contributed by atoms with E-state index >= 15 is 0 Å². The number of rotatable bonds is 4. The summed E-state index contributed by atoms with van der Waals surface area (Å²) >= 11 is 0. The van der Waals surface area contributed by atoms with Gasteiger partial charge in [0.1, 0.15) is 0 Å². The monoisotopic (exact) mass is 118 g/mol. The van der Waals surface area contributed by atoms with Crippen molar-refractivity contribution in [1.82, 2.24) is 0 Å². The van der Waals surface area contributed by atoms with Gasteiger partial charge >= 0.3 is 0 Å². The molecule has 0 saturated heterocycles. The normalized spacial score (nSPS) is 13.9. The van der Waals surface area contributed by atoms with Gasteiger partial charge in [-0.15, -0.1) is 0 Å². The van der Waals surface area contributed by atoms with Gasteiger partial charge in [-0.3, -0.25) is 0 Å². The Hall–Kier alpha value is -0.0400. The third-order valence-electron chi connectivity index (χ3n) is 1.15. The first-order chi connectivity index (χ1) is 3.81. The molecule has 0 amide bonds. The maximum absolute atomic E-state index is 5.28. The molecule has 8 heavy (non-hydrogen) atoms. The highest BCUT2D eigenvalue weighted by Gasteiger charge is 1.95. The average Bonchev–Trinajstić information content (AvgIpc) is 1.68. The van der Waals surface area contributed by atoms with Gasteiger partial charge in [-0.05, 0) is 20.3 Å². The van der Waals surface area contributed by atoms with Gasteiger partial charge in [0.15, 0.2) is 0 Å². The molecule has 0 aliphatic carbocycles. The van der Waals surface area contributed by atoms with Crippen LogP contribution in [-0.4, -0.2) is 12.7 Å². The summed E-state index contributed by atoms with van der Waals surface area (Å²) in [6.07, 6.45) is 2.87. The summed E-state index contributed by atoms with van der Waals surface area (Å²) in [4.78, 5) is 0. The second-order valence-electron chi connectivity index (χ2n) is 2.05. The van der Waals surface area contributed by atoms with Crippen molar-refractivity contribution in [3.05, 3.63) is 0 Å². The van der Waals surface area contributed by atoms with E-state index in [9.17, 15) is 0 Å². The van der Waals surface area contributed by atoms with Crippen LogP contribution in [0.1, 0.15) is 33.6 Å². The van der Waals surface area contributed by atoms with Crippen molar-refractivity contribution in [3.8, 4) is 0 Å². The van der Waals surface area contributed by atoms with Gasteiger partial charge in [0.2, 0.25) is 0 Å². The topological polar surface area (TPSA) is 9.23 Å². The van der Waals surface area contributed by atoms with Crippen molar-refractivity contribution in [2.45, 2.75) is 39.7 Å². The molecule has 0 N–H and O–H groups in total. The summed E-state index contributed by atoms with van der Waals surface area (Å²) in [5.74, 6) is 0. The fourth-order valence-electron chi connectivity index (χ4n) is 0.774. The Morgan fingerprint density at radius 3 is 2.38 bits per heavy atom. The highest BCUT2D eigenvalue weighted by atomic mass is 18.3. The Morgan fingerprint density at radius 1 is 1.38 bits per heavy atom. The van der Waals surface area contributed by atoms with Crippen molar-refractivity contribution in [2.75, 3.05) is 6.61 Å². The van der Waals surface area contributed by atoms with Crippen molar-refractivity contribution in [2.24, 2.45) is 0 Å². The highest BCUT2D eigenvalue weighted by Crippen LogP contribution is 1.98. The molecule has 1 nitrogen and oxygen atoms in total. The first-order valence-electron chi connectivity index (χ1n) is 3.42. The zero-order valence-electron chi connectivity index (χ0n) is 6.11. The van der Waals surface area contributed by atoms with Crippen LogP contribution in [0.25, 0.3) is 0 Å². The molecule has 0 rings (SSSR count). The van der Waals surface area contributed by atoms with E-state index in [1.165, 1.54) is 12.8 Å². The Kier molecular flexibility index (Phi) is 5.08. The van der Waals surface area contributed by atoms with E-state index in [-0.39, 0.29) is 0 Å². The van der Waals surface area contributed by atoms with E-state index in [0.717, 1.165) is 6.61 Å². The Bertz CT molecular complexity index is 37.7. The summed E-state index contributed by atoms with van der Waals surface area (Å²) in [6, 6.07) is 0. The summed E-state index contributed by atoms with van der Waals surface area (Å²) in [7, 11) is 0. The van der Waals surface area contributed by atoms with E-state index < -0.39 is 0 Å². The number of hydrogen-bond acceptors (Lipinski definition) is 1.